The molecule has 1 atom stereocenters. The number of hydrogen-bond acceptors (Lipinski definition) is 4. The second-order valence-corrected chi connectivity index (χ2v) is 5.22. The highest BCUT2D eigenvalue weighted by atomic mass is 15.6. The van der Waals surface area contributed by atoms with Gasteiger partial charge in [0.1, 0.15) is 0 Å². The number of aryl methyl sites for hydroxylation is 2. The van der Waals surface area contributed by atoms with Crippen LogP contribution in [0.1, 0.15) is 37.7 Å². The van der Waals surface area contributed by atoms with Gasteiger partial charge in [-0.25, -0.2) is 0 Å². The largest absolute Gasteiger partial charge is 0.321 e. The second kappa shape index (κ2) is 6.43. The Morgan fingerprint density at radius 2 is 1.95 bits per heavy atom. The molecule has 2 N–H and O–H groups in total. The van der Waals surface area contributed by atoms with Crippen LogP contribution in [0, 0.1) is 5.92 Å². The quantitative estimate of drug-likeness (QED) is 0.861. The molecule has 0 fully saturated rings. The van der Waals surface area contributed by atoms with Crippen molar-refractivity contribution in [2.45, 2.75) is 39.3 Å². The maximum absolute atomic E-state index is 6.04. The molecule has 0 bridgehead atoms. The van der Waals surface area contributed by atoms with E-state index in [2.05, 4.69) is 41.4 Å². The van der Waals surface area contributed by atoms with Crippen molar-refractivity contribution in [1.29, 1.82) is 0 Å². The zero-order chi connectivity index (χ0) is 13.7. The molecule has 0 aliphatic rings. The number of benzene rings is 1. The maximum atomic E-state index is 6.04. The van der Waals surface area contributed by atoms with Gasteiger partial charge in [-0.2, -0.15) is 4.80 Å². The van der Waals surface area contributed by atoms with Crippen LogP contribution in [0.5, 0.6) is 0 Å². The van der Waals surface area contributed by atoms with Gasteiger partial charge in [-0.1, -0.05) is 44.2 Å². The number of tetrazole rings is 1. The van der Waals surface area contributed by atoms with Crippen LogP contribution in [0.15, 0.2) is 30.3 Å². The summed E-state index contributed by atoms with van der Waals surface area (Å²) >= 11 is 0. The zero-order valence-electron chi connectivity index (χ0n) is 11.5. The van der Waals surface area contributed by atoms with Gasteiger partial charge in [0, 0.05) is 0 Å². The minimum atomic E-state index is -0.120. The summed E-state index contributed by atoms with van der Waals surface area (Å²) in [7, 11) is 0. The molecule has 2 aromatic rings. The lowest BCUT2D eigenvalue weighted by Crippen LogP contribution is -2.15. The van der Waals surface area contributed by atoms with Crippen molar-refractivity contribution >= 4 is 0 Å². The molecule has 0 unspecified atom stereocenters. The summed E-state index contributed by atoms with van der Waals surface area (Å²) < 4.78 is 0. The van der Waals surface area contributed by atoms with Crippen molar-refractivity contribution in [3.8, 4) is 0 Å². The zero-order valence-corrected chi connectivity index (χ0v) is 11.5. The molecular weight excluding hydrogens is 238 g/mol. The Morgan fingerprint density at radius 1 is 1.21 bits per heavy atom. The molecule has 0 aliphatic carbocycles. The molecule has 5 nitrogen and oxygen atoms in total. The van der Waals surface area contributed by atoms with Gasteiger partial charge in [0.05, 0.1) is 12.6 Å². The first-order valence-electron chi connectivity index (χ1n) is 6.72. The highest BCUT2D eigenvalue weighted by Gasteiger charge is 2.13. The average molecular weight is 259 g/mol. The molecule has 0 spiro atoms. The normalized spacial score (nSPS) is 12.8. The predicted octanol–water partition coefficient (Wildman–Crippen LogP) is 1.96. The Kier molecular flexibility index (Phi) is 4.63. The van der Waals surface area contributed by atoms with E-state index >= 15 is 0 Å². The van der Waals surface area contributed by atoms with E-state index in [1.54, 1.807) is 4.80 Å². The lowest BCUT2D eigenvalue weighted by Gasteiger charge is -2.08. The van der Waals surface area contributed by atoms with Crippen LogP contribution in [-0.2, 0) is 13.0 Å². The third-order valence-corrected chi connectivity index (χ3v) is 2.97. The van der Waals surface area contributed by atoms with Gasteiger partial charge in [-0.15, -0.1) is 10.2 Å². The van der Waals surface area contributed by atoms with Gasteiger partial charge in [0.15, 0.2) is 5.82 Å². The van der Waals surface area contributed by atoms with E-state index in [1.807, 2.05) is 18.2 Å². The van der Waals surface area contributed by atoms with Crippen molar-refractivity contribution in [3.63, 3.8) is 0 Å². The van der Waals surface area contributed by atoms with Crippen LogP contribution in [-0.4, -0.2) is 20.2 Å². The molecule has 1 heterocycles. The molecule has 0 radical (unpaired) electrons. The lowest BCUT2D eigenvalue weighted by molar-refractivity contribution is 0.483. The van der Waals surface area contributed by atoms with E-state index in [9.17, 15) is 0 Å². The molecule has 1 aromatic carbocycles. The Bertz CT molecular complexity index is 492. The van der Waals surface area contributed by atoms with E-state index in [4.69, 9.17) is 5.73 Å². The van der Waals surface area contributed by atoms with Gasteiger partial charge >= 0.3 is 0 Å². The van der Waals surface area contributed by atoms with Gasteiger partial charge in [0.2, 0.25) is 0 Å². The van der Waals surface area contributed by atoms with E-state index in [-0.39, 0.29) is 6.04 Å². The standard InChI is InChI=1S/C14H21N5/c1-11(2)10-13(15)14-16-18-19(17-14)9-8-12-6-4-3-5-7-12/h3-7,11,13H,8-10,15H2,1-2H3/t13-/m0/s1. The van der Waals surface area contributed by atoms with Crippen molar-refractivity contribution in [3.05, 3.63) is 41.7 Å². The fourth-order valence-electron chi connectivity index (χ4n) is 1.99. The topological polar surface area (TPSA) is 69.6 Å². The number of hydrogen-bond donors (Lipinski definition) is 1. The monoisotopic (exact) mass is 259 g/mol. The lowest BCUT2D eigenvalue weighted by atomic mass is 10.0. The molecule has 5 heteroatoms. The first-order valence-corrected chi connectivity index (χ1v) is 6.72. The predicted molar refractivity (Wildman–Crippen MR) is 74.3 cm³/mol. The molecule has 2 rings (SSSR count). The second-order valence-electron chi connectivity index (χ2n) is 5.22. The molecule has 1 aromatic heterocycles. The number of rotatable bonds is 6. The molecule has 0 aliphatic heterocycles. The number of nitrogens with zero attached hydrogens (tertiary/aromatic N) is 4. The summed E-state index contributed by atoms with van der Waals surface area (Å²) in [4.78, 5) is 1.63. The van der Waals surface area contributed by atoms with Gasteiger partial charge in [-0.05, 0) is 29.5 Å². The summed E-state index contributed by atoms with van der Waals surface area (Å²) in [5.41, 5.74) is 7.31. The van der Waals surface area contributed by atoms with Crippen molar-refractivity contribution < 1.29 is 0 Å². The molecule has 0 saturated carbocycles. The molecule has 0 saturated heterocycles. The fourth-order valence-corrected chi connectivity index (χ4v) is 1.99. The van der Waals surface area contributed by atoms with Crippen LogP contribution >= 0.6 is 0 Å². The minimum absolute atomic E-state index is 0.120. The highest BCUT2D eigenvalue weighted by Crippen LogP contribution is 2.14. The Hall–Kier alpha value is -1.75. The summed E-state index contributed by atoms with van der Waals surface area (Å²) in [6.45, 7) is 5.00. The van der Waals surface area contributed by atoms with Gasteiger partial charge in [0.25, 0.3) is 0 Å². The summed E-state index contributed by atoms with van der Waals surface area (Å²) in [5, 5.41) is 12.4. The minimum Gasteiger partial charge on any atom is -0.321 e. The summed E-state index contributed by atoms with van der Waals surface area (Å²) in [6, 6.07) is 10.2. The van der Waals surface area contributed by atoms with Gasteiger partial charge in [-0.3, -0.25) is 0 Å². The van der Waals surface area contributed by atoms with Crippen LogP contribution in [0.2, 0.25) is 0 Å². The Balaban J connectivity index is 1.90. The average Bonchev–Trinajstić information content (AvgIpc) is 2.86. The van der Waals surface area contributed by atoms with Crippen molar-refractivity contribution in [2.75, 3.05) is 0 Å². The maximum Gasteiger partial charge on any atom is 0.191 e. The Labute approximate surface area is 113 Å². The molecule has 19 heavy (non-hydrogen) atoms. The smallest absolute Gasteiger partial charge is 0.191 e. The van der Waals surface area contributed by atoms with Crippen molar-refractivity contribution in [2.24, 2.45) is 11.7 Å². The highest BCUT2D eigenvalue weighted by molar-refractivity contribution is 5.14. The molecular formula is C14H21N5. The SMILES string of the molecule is CC(C)C[C@H](N)c1nnn(CCc2ccccc2)n1. The third kappa shape index (κ3) is 4.13. The Morgan fingerprint density at radius 3 is 2.63 bits per heavy atom. The van der Waals surface area contributed by atoms with Crippen LogP contribution in [0.4, 0.5) is 0 Å². The third-order valence-electron chi connectivity index (χ3n) is 2.97. The van der Waals surface area contributed by atoms with Gasteiger partial charge < -0.3 is 5.73 Å². The molecule has 0 amide bonds. The van der Waals surface area contributed by atoms with Crippen molar-refractivity contribution in [1.82, 2.24) is 20.2 Å². The summed E-state index contributed by atoms with van der Waals surface area (Å²) in [5.74, 6) is 1.17. The van der Waals surface area contributed by atoms with Crippen LogP contribution < -0.4 is 5.73 Å². The van der Waals surface area contributed by atoms with E-state index in [0.717, 1.165) is 19.4 Å². The first kappa shape index (κ1) is 13.7. The molecule has 102 valence electrons. The van der Waals surface area contributed by atoms with E-state index in [1.165, 1.54) is 5.56 Å². The van der Waals surface area contributed by atoms with E-state index in [0.29, 0.717) is 11.7 Å². The number of aromatic nitrogens is 4. The van der Waals surface area contributed by atoms with Crippen LogP contribution in [0.25, 0.3) is 0 Å². The first-order chi connectivity index (χ1) is 9.15. The van der Waals surface area contributed by atoms with Crippen LogP contribution in [0.3, 0.4) is 0 Å². The van der Waals surface area contributed by atoms with E-state index < -0.39 is 0 Å². The summed E-state index contributed by atoms with van der Waals surface area (Å²) in [6.07, 6.45) is 1.78. The number of nitrogens with two attached hydrogens (primary N) is 1. The fraction of sp³-hybridized carbons (Fsp3) is 0.500.